The van der Waals surface area contributed by atoms with E-state index in [9.17, 15) is 9.50 Å². The Bertz CT molecular complexity index is 808. The lowest BCUT2D eigenvalue weighted by molar-refractivity contribution is 0.365. The highest BCUT2D eigenvalue weighted by Crippen LogP contribution is 2.30. The molecule has 4 nitrogen and oxygen atoms in total. The monoisotopic (exact) mass is 325 g/mol. The average molecular weight is 325 g/mol. The first-order valence-electron chi connectivity index (χ1n) is 7.80. The highest BCUT2D eigenvalue weighted by molar-refractivity contribution is 5.72. The van der Waals surface area contributed by atoms with E-state index >= 15 is 0 Å². The number of rotatable bonds is 5. The zero-order chi connectivity index (χ0) is 17.1. The fourth-order valence-electron chi connectivity index (χ4n) is 2.52. The van der Waals surface area contributed by atoms with Gasteiger partial charge in [0.2, 0.25) is 5.88 Å². The van der Waals surface area contributed by atoms with Crippen molar-refractivity contribution < 1.29 is 9.50 Å². The van der Waals surface area contributed by atoms with Gasteiger partial charge in [0.25, 0.3) is 0 Å². The molecule has 3 aromatic rings. The molecule has 0 aliphatic rings. The number of hydrogen-bond acceptors (Lipinski definition) is 3. The maximum absolute atomic E-state index is 13.0. The Hall–Kier alpha value is -2.66. The molecule has 124 valence electrons. The molecule has 0 unspecified atom stereocenters. The van der Waals surface area contributed by atoms with Crippen molar-refractivity contribution in [1.29, 1.82) is 0 Å². The van der Waals surface area contributed by atoms with Crippen LogP contribution in [-0.4, -0.2) is 40.4 Å². The zero-order valence-corrected chi connectivity index (χ0v) is 13.8. The number of likely N-dealkylation sites (N-methyl/N-ethyl adjacent to an activating group) is 1. The number of nitrogens with zero attached hydrogens (tertiary/aromatic N) is 3. The van der Waals surface area contributed by atoms with Crippen LogP contribution in [0.15, 0.2) is 54.7 Å². The third-order valence-corrected chi connectivity index (χ3v) is 3.89. The molecule has 1 aromatic heterocycles. The summed E-state index contributed by atoms with van der Waals surface area (Å²) in [6, 6.07) is 14.2. The van der Waals surface area contributed by atoms with Crippen molar-refractivity contribution in [2.24, 2.45) is 0 Å². The molecule has 0 saturated carbocycles. The van der Waals surface area contributed by atoms with Crippen LogP contribution in [0.3, 0.4) is 0 Å². The highest BCUT2D eigenvalue weighted by Gasteiger charge is 2.10. The van der Waals surface area contributed by atoms with Crippen LogP contribution in [0.1, 0.15) is 0 Å². The molecular weight excluding hydrogens is 305 g/mol. The minimum Gasteiger partial charge on any atom is -0.492 e. The molecule has 0 fully saturated rings. The summed E-state index contributed by atoms with van der Waals surface area (Å²) in [5, 5.41) is 14.2. The molecule has 5 heteroatoms. The summed E-state index contributed by atoms with van der Waals surface area (Å²) >= 11 is 0. The molecule has 0 amide bonds. The van der Waals surface area contributed by atoms with Crippen LogP contribution < -0.4 is 0 Å². The summed E-state index contributed by atoms with van der Waals surface area (Å²) in [5.74, 6) is -0.214. The molecule has 0 radical (unpaired) electrons. The van der Waals surface area contributed by atoms with Gasteiger partial charge in [0.15, 0.2) is 0 Å². The minimum atomic E-state index is -0.245. The van der Waals surface area contributed by atoms with E-state index in [1.165, 1.54) is 12.1 Å². The summed E-state index contributed by atoms with van der Waals surface area (Å²) in [7, 11) is 4.00. The quantitative estimate of drug-likeness (QED) is 0.779. The smallest absolute Gasteiger partial charge is 0.238 e. The van der Waals surface area contributed by atoms with Gasteiger partial charge in [-0.2, -0.15) is 0 Å². The third-order valence-electron chi connectivity index (χ3n) is 3.89. The van der Waals surface area contributed by atoms with Crippen LogP contribution in [0.4, 0.5) is 4.39 Å². The van der Waals surface area contributed by atoms with Crippen molar-refractivity contribution in [2.45, 2.75) is 6.54 Å². The maximum Gasteiger partial charge on any atom is 0.238 e. The summed E-state index contributed by atoms with van der Waals surface area (Å²) in [6.45, 7) is 1.57. The van der Waals surface area contributed by atoms with E-state index in [-0.39, 0.29) is 11.7 Å². The van der Waals surface area contributed by atoms with Gasteiger partial charge >= 0.3 is 0 Å². The summed E-state index contributed by atoms with van der Waals surface area (Å²) in [6.07, 6.45) is 1.85. The number of halogens is 1. The van der Waals surface area contributed by atoms with E-state index in [4.69, 9.17) is 0 Å². The molecule has 0 atom stereocenters. The first-order chi connectivity index (χ1) is 11.5. The molecule has 1 heterocycles. The Labute approximate surface area is 140 Å². The molecule has 3 rings (SSSR count). The SMILES string of the molecule is CN(C)CCn1cc(-c2ccc(-c3ccc(F)cc3)cc2)c(O)n1. The van der Waals surface area contributed by atoms with E-state index < -0.39 is 0 Å². The Kier molecular flexibility index (Phi) is 4.62. The minimum absolute atomic E-state index is 0.0308. The van der Waals surface area contributed by atoms with Crippen molar-refractivity contribution in [1.82, 2.24) is 14.7 Å². The van der Waals surface area contributed by atoms with Crippen molar-refractivity contribution in [2.75, 3.05) is 20.6 Å². The highest BCUT2D eigenvalue weighted by atomic mass is 19.1. The molecular formula is C19H20FN3O. The van der Waals surface area contributed by atoms with Gasteiger partial charge < -0.3 is 10.0 Å². The van der Waals surface area contributed by atoms with Crippen LogP contribution in [0.25, 0.3) is 22.3 Å². The summed E-state index contributed by atoms with van der Waals surface area (Å²) in [4.78, 5) is 2.07. The second kappa shape index (κ2) is 6.84. The van der Waals surface area contributed by atoms with Crippen molar-refractivity contribution in [3.8, 4) is 28.1 Å². The third kappa shape index (κ3) is 3.63. The molecule has 0 aliphatic carbocycles. The first kappa shape index (κ1) is 16.2. The maximum atomic E-state index is 13.0. The predicted octanol–water partition coefficient (Wildman–Crippen LogP) is 3.62. The fourth-order valence-corrected chi connectivity index (χ4v) is 2.52. The number of aromatic hydroxyl groups is 1. The largest absolute Gasteiger partial charge is 0.492 e. The number of hydrogen-bond donors (Lipinski definition) is 1. The van der Waals surface area contributed by atoms with Gasteiger partial charge in [0.05, 0.1) is 12.1 Å². The van der Waals surface area contributed by atoms with Gasteiger partial charge in [-0.25, -0.2) is 4.39 Å². The van der Waals surface area contributed by atoms with Crippen molar-refractivity contribution in [3.05, 3.63) is 60.5 Å². The van der Waals surface area contributed by atoms with Gasteiger partial charge in [-0.15, -0.1) is 5.10 Å². The van der Waals surface area contributed by atoms with E-state index in [0.29, 0.717) is 12.1 Å². The molecule has 0 aliphatic heterocycles. The van der Waals surface area contributed by atoms with Gasteiger partial charge in [0, 0.05) is 12.7 Å². The lowest BCUT2D eigenvalue weighted by Crippen LogP contribution is -2.18. The van der Waals surface area contributed by atoms with Crippen LogP contribution in [0.5, 0.6) is 5.88 Å². The topological polar surface area (TPSA) is 41.3 Å². The lowest BCUT2D eigenvalue weighted by Gasteiger charge is -2.08. The molecule has 0 spiro atoms. The normalized spacial score (nSPS) is 11.2. The first-order valence-corrected chi connectivity index (χ1v) is 7.80. The van der Waals surface area contributed by atoms with Gasteiger partial charge in [-0.1, -0.05) is 36.4 Å². The van der Waals surface area contributed by atoms with Gasteiger partial charge in [-0.3, -0.25) is 4.68 Å². The zero-order valence-electron chi connectivity index (χ0n) is 13.8. The van der Waals surface area contributed by atoms with Crippen LogP contribution >= 0.6 is 0 Å². The Morgan fingerprint density at radius 2 is 1.50 bits per heavy atom. The van der Waals surface area contributed by atoms with Crippen LogP contribution in [-0.2, 0) is 6.54 Å². The molecule has 0 bridgehead atoms. The van der Waals surface area contributed by atoms with E-state index in [1.807, 2.05) is 44.6 Å². The standard InChI is InChI=1S/C19H20FN3O/c1-22(2)11-12-23-13-18(19(24)21-23)16-5-3-14(4-6-16)15-7-9-17(20)10-8-15/h3-10,13H,11-12H2,1-2H3,(H,21,24). The Morgan fingerprint density at radius 1 is 0.958 bits per heavy atom. The lowest BCUT2D eigenvalue weighted by atomic mass is 10.0. The Balaban J connectivity index is 1.81. The number of aromatic nitrogens is 2. The summed E-state index contributed by atoms with van der Waals surface area (Å²) < 4.78 is 14.8. The van der Waals surface area contributed by atoms with Crippen LogP contribution in [0, 0.1) is 5.82 Å². The van der Waals surface area contributed by atoms with E-state index in [2.05, 4.69) is 10.00 Å². The number of benzene rings is 2. The predicted molar refractivity (Wildman–Crippen MR) is 93.3 cm³/mol. The van der Waals surface area contributed by atoms with Crippen LogP contribution in [0.2, 0.25) is 0 Å². The molecule has 2 aromatic carbocycles. The summed E-state index contributed by atoms with van der Waals surface area (Å²) in [5.41, 5.74) is 3.56. The van der Waals surface area contributed by atoms with E-state index in [0.717, 1.165) is 23.2 Å². The average Bonchev–Trinajstić information content (AvgIpc) is 2.95. The van der Waals surface area contributed by atoms with Crippen molar-refractivity contribution >= 4 is 0 Å². The van der Waals surface area contributed by atoms with Gasteiger partial charge in [-0.05, 0) is 42.9 Å². The van der Waals surface area contributed by atoms with Crippen molar-refractivity contribution in [3.63, 3.8) is 0 Å². The molecule has 1 N–H and O–H groups in total. The Morgan fingerprint density at radius 3 is 2.08 bits per heavy atom. The molecule has 0 saturated heterocycles. The molecule has 24 heavy (non-hydrogen) atoms. The second-order valence-corrected chi connectivity index (χ2v) is 6.02. The second-order valence-electron chi connectivity index (χ2n) is 6.02. The fraction of sp³-hybridized carbons (Fsp3) is 0.211. The van der Waals surface area contributed by atoms with E-state index in [1.54, 1.807) is 16.8 Å². The van der Waals surface area contributed by atoms with Gasteiger partial charge in [0.1, 0.15) is 5.82 Å².